The maximum absolute atomic E-state index is 7.88. The molecule has 2 nitrogen and oxygen atoms in total. The van der Waals surface area contributed by atoms with Gasteiger partial charge in [-0.3, -0.25) is 0 Å². The topological polar surface area (TPSA) is 40.5 Å². The summed E-state index contributed by atoms with van der Waals surface area (Å²) in [5, 5.41) is 15.8. The molecule has 0 aromatic carbocycles. The van der Waals surface area contributed by atoms with Crippen molar-refractivity contribution in [1.82, 2.24) is 0 Å². The Bertz CT molecular complexity index is 34.6. The number of hydrogen-bond acceptors (Lipinski definition) is 2. The minimum atomic E-state index is 0. The van der Waals surface area contributed by atoms with Crippen molar-refractivity contribution < 1.29 is 31.9 Å². The molecule has 0 aliphatic carbocycles. The van der Waals surface area contributed by atoms with Crippen LogP contribution in [-0.2, 0) is 21.7 Å². The van der Waals surface area contributed by atoms with Crippen LogP contribution >= 0.6 is 0 Å². The molecule has 0 heterocycles. The Balaban J connectivity index is -0.0000000293. The van der Waals surface area contributed by atoms with Crippen LogP contribution in [0.4, 0.5) is 0 Å². The molecule has 0 spiro atoms. The summed E-state index contributed by atoms with van der Waals surface area (Å²) in [6, 6.07) is 0. The van der Waals surface area contributed by atoms with Crippen molar-refractivity contribution in [3.8, 4) is 0 Å². The van der Waals surface area contributed by atoms with Crippen LogP contribution < -0.4 is 0 Å². The zero-order chi connectivity index (χ0) is 12.2. The third-order valence-electron chi connectivity index (χ3n) is 0.447. The minimum Gasteiger partial charge on any atom is -0.396 e. The molecule has 0 unspecified atom stereocenters. The van der Waals surface area contributed by atoms with Crippen molar-refractivity contribution in [1.29, 1.82) is 0 Å². The maximum atomic E-state index is 7.88. The van der Waals surface area contributed by atoms with Crippen LogP contribution in [0, 0.1) is 13.8 Å². The predicted molar refractivity (Wildman–Crippen MR) is 66.0 cm³/mol. The van der Waals surface area contributed by atoms with E-state index in [-0.39, 0.29) is 21.7 Å². The van der Waals surface area contributed by atoms with Crippen LogP contribution in [0.2, 0.25) is 0 Å². The van der Waals surface area contributed by atoms with E-state index in [9.17, 15) is 0 Å². The Kier molecular flexibility index (Phi) is 122. The Morgan fingerprint density at radius 1 is 0.733 bits per heavy atom. The van der Waals surface area contributed by atoms with E-state index in [1.54, 1.807) is 0 Å². The van der Waals surface area contributed by atoms with Crippen molar-refractivity contribution in [2.24, 2.45) is 0 Å². The second-order valence-electron chi connectivity index (χ2n) is 2.45. The van der Waals surface area contributed by atoms with Crippen molar-refractivity contribution in [2.75, 3.05) is 13.2 Å². The molecular weight excluding hydrogens is 224 g/mol. The summed E-state index contributed by atoms with van der Waals surface area (Å²) in [4.78, 5) is 0. The molecule has 0 aromatic rings. The molecule has 0 aromatic heterocycles. The Hall–Kier alpha value is 0.634. The molecule has 0 saturated heterocycles. The first-order chi connectivity index (χ1) is 6.66. The molecule has 0 amide bonds. The van der Waals surface area contributed by atoms with Crippen LogP contribution in [0.5, 0.6) is 0 Å². The van der Waals surface area contributed by atoms with Gasteiger partial charge in [-0.15, -0.1) is 0 Å². The minimum absolute atomic E-state index is 0. The molecule has 0 saturated carbocycles. The summed E-state index contributed by atoms with van der Waals surface area (Å²) in [6.07, 6.45) is 3.75. The fraction of sp³-hybridized carbons (Fsp3) is 0.833. The smallest absolute Gasteiger partial charge is 0.396 e. The van der Waals surface area contributed by atoms with E-state index in [1.807, 2.05) is 27.7 Å². The van der Waals surface area contributed by atoms with Gasteiger partial charge < -0.3 is 24.1 Å². The van der Waals surface area contributed by atoms with Gasteiger partial charge in [0.25, 0.3) is 0 Å². The molecule has 0 atom stereocenters. The molecule has 0 aliphatic rings. The van der Waals surface area contributed by atoms with Crippen molar-refractivity contribution in [2.45, 2.75) is 53.4 Å². The van der Waals surface area contributed by atoms with Gasteiger partial charge in [0.15, 0.2) is 0 Å². The third kappa shape index (κ3) is 337. The van der Waals surface area contributed by atoms with Gasteiger partial charge in [-0.1, -0.05) is 27.7 Å². The van der Waals surface area contributed by atoms with Crippen LogP contribution in [0.3, 0.4) is 0 Å². The second-order valence-corrected chi connectivity index (χ2v) is 2.45. The molecule has 0 fully saturated rings. The maximum Gasteiger partial charge on any atom is 2.00 e. The average Bonchev–Trinajstić information content (AvgIpc) is 2.20. The molecule has 94 valence electrons. The Morgan fingerprint density at radius 2 is 0.800 bits per heavy atom. The molecule has 15 heavy (non-hydrogen) atoms. The van der Waals surface area contributed by atoms with Crippen molar-refractivity contribution in [3.63, 3.8) is 0 Å². The van der Waals surface area contributed by atoms with Gasteiger partial charge in [0.1, 0.15) is 0 Å². The fourth-order valence-electron chi connectivity index (χ4n) is 0. The van der Waals surface area contributed by atoms with Gasteiger partial charge in [-0.05, 0) is 12.8 Å². The van der Waals surface area contributed by atoms with Gasteiger partial charge in [0.2, 0.25) is 0 Å². The standard InChI is InChI=1S/2C3H8O.2C3H7.Ti/c2*1-2-3-4;2*1-3-2;/h2*4H,2-3H2,1H3;2*1,3H2,2H3;/q;;2*-1;+2. The molecule has 3 heteroatoms. The molecular formula is C12H30O2Ti. The van der Waals surface area contributed by atoms with Crippen molar-refractivity contribution >= 4 is 0 Å². The molecule has 0 rings (SSSR count). The van der Waals surface area contributed by atoms with Crippen LogP contribution in [0.1, 0.15) is 53.4 Å². The van der Waals surface area contributed by atoms with Gasteiger partial charge in [-0.25, -0.2) is 0 Å². The van der Waals surface area contributed by atoms with E-state index in [4.69, 9.17) is 10.2 Å². The van der Waals surface area contributed by atoms with Crippen molar-refractivity contribution in [3.05, 3.63) is 13.8 Å². The normalized spacial score (nSPS) is 6.40. The van der Waals surface area contributed by atoms with E-state index in [2.05, 4.69) is 13.8 Å². The second kappa shape index (κ2) is 61.8. The largest absolute Gasteiger partial charge is 2.00 e. The monoisotopic (exact) mass is 254 g/mol. The van der Waals surface area contributed by atoms with E-state index < -0.39 is 0 Å². The van der Waals surface area contributed by atoms with Gasteiger partial charge in [0.05, 0.1) is 0 Å². The first kappa shape index (κ1) is 29.6. The number of aliphatic hydroxyl groups excluding tert-OH is 2. The summed E-state index contributed by atoms with van der Waals surface area (Å²) in [5.74, 6) is 0. The predicted octanol–water partition coefficient (Wildman–Crippen LogP) is 3.24. The average molecular weight is 254 g/mol. The Labute approximate surface area is 112 Å². The van der Waals surface area contributed by atoms with Gasteiger partial charge in [0, 0.05) is 13.2 Å². The molecule has 0 radical (unpaired) electrons. The summed E-state index contributed by atoms with van der Waals surface area (Å²) in [6.45, 7) is 15.5. The van der Waals surface area contributed by atoms with Crippen LogP contribution in [0.15, 0.2) is 0 Å². The first-order valence-corrected chi connectivity index (χ1v) is 5.46. The van der Waals surface area contributed by atoms with E-state index in [0.717, 1.165) is 25.7 Å². The summed E-state index contributed by atoms with van der Waals surface area (Å²) in [5.41, 5.74) is 0. The van der Waals surface area contributed by atoms with E-state index >= 15 is 0 Å². The van der Waals surface area contributed by atoms with Crippen LogP contribution in [0.25, 0.3) is 0 Å². The third-order valence-corrected chi connectivity index (χ3v) is 0.447. The summed E-state index contributed by atoms with van der Waals surface area (Å²) < 4.78 is 0. The molecule has 0 bridgehead atoms. The zero-order valence-corrected chi connectivity index (χ0v) is 12.6. The summed E-state index contributed by atoms with van der Waals surface area (Å²) in [7, 11) is 0. The van der Waals surface area contributed by atoms with E-state index in [0.29, 0.717) is 13.2 Å². The SMILES string of the molecule is CCCO.CCCO.[CH2-]CC.[CH2-]CC.[Ti+2]. The number of aliphatic hydroxyl groups is 2. The number of rotatable bonds is 2. The quantitative estimate of drug-likeness (QED) is 0.586. The Morgan fingerprint density at radius 3 is 0.800 bits per heavy atom. The van der Waals surface area contributed by atoms with Crippen LogP contribution in [-0.4, -0.2) is 23.4 Å². The summed E-state index contributed by atoms with van der Waals surface area (Å²) >= 11 is 0. The molecule has 0 aliphatic heterocycles. The fourth-order valence-corrected chi connectivity index (χ4v) is 0. The van der Waals surface area contributed by atoms with Gasteiger partial charge >= 0.3 is 21.7 Å². The van der Waals surface area contributed by atoms with E-state index in [1.165, 1.54) is 0 Å². The first-order valence-electron chi connectivity index (χ1n) is 5.46. The molecule has 2 N–H and O–H groups in total. The zero-order valence-electron chi connectivity index (χ0n) is 11.1. The van der Waals surface area contributed by atoms with Gasteiger partial charge in [-0.2, -0.15) is 12.8 Å². The number of hydrogen-bond donors (Lipinski definition) is 2.